The van der Waals surface area contributed by atoms with E-state index in [0.29, 0.717) is 23.5 Å². The molecule has 0 saturated carbocycles. The maximum absolute atomic E-state index is 13.7. The van der Waals surface area contributed by atoms with Gasteiger partial charge in [-0.1, -0.05) is 54.6 Å². The topological polar surface area (TPSA) is 54.7 Å². The molecule has 0 saturated heterocycles. The average Bonchev–Trinajstić information content (AvgIpc) is 3.38. The number of hydrogen-bond acceptors (Lipinski definition) is 3. The van der Waals surface area contributed by atoms with Gasteiger partial charge in [0.05, 0.1) is 16.9 Å². The van der Waals surface area contributed by atoms with Gasteiger partial charge in [0.2, 0.25) is 0 Å². The lowest BCUT2D eigenvalue weighted by Crippen LogP contribution is -2.33. The summed E-state index contributed by atoms with van der Waals surface area (Å²) in [6, 6.07) is 23.5. The van der Waals surface area contributed by atoms with E-state index in [-0.39, 0.29) is 17.8 Å². The maximum atomic E-state index is 13.7. The number of ketones is 1. The summed E-state index contributed by atoms with van der Waals surface area (Å²) in [5.41, 5.74) is 3.35. The molecule has 1 unspecified atom stereocenters. The Morgan fingerprint density at radius 3 is 2.47 bits per heavy atom. The predicted molar refractivity (Wildman–Crippen MR) is 136 cm³/mol. The van der Waals surface area contributed by atoms with E-state index in [1.165, 1.54) is 23.2 Å². The van der Waals surface area contributed by atoms with Crippen LogP contribution in [0.15, 0.2) is 90.2 Å². The Hall–Kier alpha value is -4.13. The average molecular weight is 486 g/mol. The van der Waals surface area contributed by atoms with Gasteiger partial charge < -0.3 is 4.57 Å². The summed E-state index contributed by atoms with van der Waals surface area (Å²) < 4.78 is 29.5. The molecule has 1 aliphatic heterocycles. The molecule has 3 aromatic carbocycles. The minimum absolute atomic E-state index is 0.125. The zero-order valence-corrected chi connectivity index (χ0v) is 20.0. The van der Waals surface area contributed by atoms with Crippen LogP contribution in [0.3, 0.4) is 0 Å². The van der Waals surface area contributed by atoms with Crippen LogP contribution in [0.5, 0.6) is 0 Å². The van der Waals surface area contributed by atoms with Gasteiger partial charge in [-0.3, -0.25) is 9.59 Å². The van der Waals surface area contributed by atoms with Gasteiger partial charge in [0.25, 0.3) is 11.8 Å². The SMILES string of the molecule is CC1=NN(c2ccc3ccn(Cc4ccccc4)c3c2)C(=O)C1C(=O)Cc1cccc(C(C)(F)F)c1. The monoisotopic (exact) mass is 485 g/mol. The van der Waals surface area contributed by atoms with Crippen LogP contribution in [0.2, 0.25) is 0 Å². The molecule has 0 radical (unpaired) electrons. The van der Waals surface area contributed by atoms with E-state index in [2.05, 4.69) is 21.8 Å². The number of nitrogens with zero attached hydrogens (tertiary/aromatic N) is 3. The molecule has 2 heterocycles. The molecule has 0 spiro atoms. The van der Waals surface area contributed by atoms with Crippen LogP contribution in [0.25, 0.3) is 10.9 Å². The fraction of sp³-hybridized carbons (Fsp3) is 0.207. The third-order valence-corrected chi connectivity index (χ3v) is 6.46. The number of Topliss-reactive ketones (excluding diaryl/α,β-unsaturated/α-hetero) is 1. The Bertz CT molecular complexity index is 1490. The zero-order valence-electron chi connectivity index (χ0n) is 20.0. The molecular formula is C29H25F2N3O2. The highest BCUT2D eigenvalue weighted by Gasteiger charge is 2.39. The van der Waals surface area contributed by atoms with Crippen molar-refractivity contribution in [3.63, 3.8) is 0 Å². The van der Waals surface area contributed by atoms with Crippen LogP contribution >= 0.6 is 0 Å². The number of hydrogen-bond donors (Lipinski definition) is 0. The van der Waals surface area contributed by atoms with Crippen molar-refractivity contribution in [1.29, 1.82) is 0 Å². The van der Waals surface area contributed by atoms with Crippen LogP contribution < -0.4 is 5.01 Å². The van der Waals surface area contributed by atoms with Gasteiger partial charge >= 0.3 is 0 Å². The molecule has 0 aliphatic carbocycles. The molecule has 0 fully saturated rings. The number of carbonyl (C=O) groups excluding carboxylic acids is 2. The van der Waals surface area contributed by atoms with E-state index in [9.17, 15) is 18.4 Å². The number of amides is 1. The molecule has 5 rings (SSSR count). The third kappa shape index (κ3) is 4.56. The fourth-order valence-electron chi connectivity index (χ4n) is 4.60. The zero-order chi connectivity index (χ0) is 25.4. The van der Waals surface area contributed by atoms with Crippen LogP contribution in [0.4, 0.5) is 14.5 Å². The maximum Gasteiger partial charge on any atom is 0.270 e. The number of aromatic nitrogens is 1. The van der Waals surface area contributed by atoms with Crippen molar-refractivity contribution in [2.45, 2.75) is 32.7 Å². The fourth-order valence-corrected chi connectivity index (χ4v) is 4.60. The number of carbonyl (C=O) groups is 2. The van der Waals surface area contributed by atoms with Gasteiger partial charge in [0.1, 0.15) is 5.92 Å². The van der Waals surface area contributed by atoms with E-state index in [1.54, 1.807) is 13.0 Å². The number of fused-ring (bicyclic) bond motifs is 1. The molecular weight excluding hydrogens is 460 g/mol. The number of benzene rings is 3. The Morgan fingerprint density at radius 2 is 1.72 bits per heavy atom. The summed E-state index contributed by atoms with van der Waals surface area (Å²) in [6.45, 7) is 3.14. The molecule has 7 heteroatoms. The minimum atomic E-state index is -3.01. The van der Waals surface area contributed by atoms with E-state index < -0.39 is 17.7 Å². The molecule has 0 bridgehead atoms. The van der Waals surface area contributed by atoms with Crippen molar-refractivity contribution < 1.29 is 18.4 Å². The predicted octanol–water partition coefficient (Wildman–Crippen LogP) is 5.95. The Labute approximate surface area is 207 Å². The van der Waals surface area contributed by atoms with E-state index in [1.807, 2.05) is 48.7 Å². The molecule has 0 N–H and O–H groups in total. The molecule has 1 atom stereocenters. The summed E-state index contributed by atoms with van der Waals surface area (Å²) in [5.74, 6) is -4.85. The number of anilines is 1. The lowest BCUT2D eigenvalue weighted by Gasteiger charge is -2.15. The Kier molecular flexibility index (Phi) is 6.00. The van der Waals surface area contributed by atoms with Gasteiger partial charge in [-0.25, -0.2) is 8.78 Å². The molecule has 36 heavy (non-hydrogen) atoms. The highest BCUT2D eigenvalue weighted by Crippen LogP contribution is 2.30. The second kappa shape index (κ2) is 9.15. The summed E-state index contributed by atoms with van der Waals surface area (Å²) in [5, 5.41) is 6.70. The minimum Gasteiger partial charge on any atom is -0.343 e. The Morgan fingerprint density at radius 1 is 0.972 bits per heavy atom. The summed E-state index contributed by atoms with van der Waals surface area (Å²) >= 11 is 0. The van der Waals surface area contributed by atoms with Crippen LogP contribution in [0, 0.1) is 5.92 Å². The van der Waals surface area contributed by atoms with Crippen molar-refractivity contribution in [2.24, 2.45) is 11.0 Å². The van der Waals surface area contributed by atoms with Crippen molar-refractivity contribution in [1.82, 2.24) is 4.57 Å². The van der Waals surface area contributed by atoms with Gasteiger partial charge in [0, 0.05) is 31.6 Å². The standard InChI is InChI=1S/C29H25F2N3O2/c1-19-27(26(35)16-21-9-6-10-23(15-21)29(2,30)31)28(36)34(32-19)24-12-11-22-13-14-33(25(22)17-24)18-20-7-4-3-5-8-20/h3-15,17,27H,16,18H2,1-2H3. The molecule has 182 valence electrons. The van der Waals surface area contributed by atoms with Crippen LogP contribution in [-0.4, -0.2) is 22.0 Å². The van der Waals surface area contributed by atoms with Crippen LogP contribution in [0.1, 0.15) is 30.5 Å². The smallest absolute Gasteiger partial charge is 0.270 e. The van der Waals surface area contributed by atoms with Crippen molar-refractivity contribution >= 4 is 34.0 Å². The number of hydrazone groups is 1. The largest absolute Gasteiger partial charge is 0.343 e. The summed E-state index contributed by atoms with van der Waals surface area (Å²) in [4.78, 5) is 26.4. The third-order valence-electron chi connectivity index (χ3n) is 6.46. The van der Waals surface area contributed by atoms with Crippen molar-refractivity contribution in [3.05, 3.63) is 102 Å². The normalized spacial score (nSPS) is 16.0. The first-order valence-corrected chi connectivity index (χ1v) is 11.7. The van der Waals surface area contributed by atoms with E-state index >= 15 is 0 Å². The van der Waals surface area contributed by atoms with Crippen LogP contribution in [-0.2, 0) is 28.5 Å². The second-order valence-electron chi connectivity index (χ2n) is 9.23. The van der Waals surface area contributed by atoms with Gasteiger partial charge in [-0.15, -0.1) is 0 Å². The highest BCUT2D eigenvalue weighted by atomic mass is 19.3. The number of halogens is 2. The van der Waals surface area contributed by atoms with E-state index in [0.717, 1.165) is 23.4 Å². The Balaban J connectivity index is 1.37. The van der Waals surface area contributed by atoms with Gasteiger partial charge in [-0.05, 0) is 47.7 Å². The molecule has 1 aliphatic rings. The van der Waals surface area contributed by atoms with Gasteiger partial charge in [-0.2, -0.15) is 10.1 Å². The lowest BCUT2D eigenvalue weighted by molar-refractivity contribution is -0.128. The van der Waals surface area contributed by atoms with Gasteiger partial charge in [0.15, 0.2) is 5.78 Å². The van der Waals surface area contributed by atoms with Crippen molar-refractivity contribution in [3.8, 4) is 0 Å². The quantitative estimate of drug-likeness (QED) is 0.304. The van der Waals surface area contributed by atoms with Crippen molar-refractivity contribution in [2.75, 3.05) is 5.01 Å². The molecule has 1 amide bonds. The highest BCUT2D eigenvalue weighted by molar-refractivity contribution is 6.27. The summed E-state index contributed by atoms with van der Waals surface area (Å²) in [6.07, 6.45) is 1.88. The number of rotatable bonds is 7. The lowest BCUT2D eigenvalue weighted by atomic mass is 9.93. The first-order valence-electron chi connectivity index (χ1n) is 11.7. The molecule has 1 aromatic heterocycles. The van der Waals surface area contributed by atoms with E-state index in [4.69, 9.17) is 0 Å². The first kappa shape index (κ1) is 23.6. The number of alkyl halides is 2. The first-order chi connectivity index (χ1) is 17.2. The molecule has 4 aromatic rings. The second-order valence-corrected chi connectivity index (χ2v) is 9.23. The molecule has 5 nitrogen and oxygen atoms in total. The summed E-state index contributed by atoms with van der Waals surface area (Å²) in [7, 11) is 0.